The minimum atomic E-state index is -0.912. The first kappa shape index (κ1) is 14.7. The Balaban J connectivity index is 2.83. The van der Waals surface area contributed by atoms with Crippen LogP contribution in [0.1, 0.15) is 43.7 Å². The molecule has 3 unspecified atom stereocenters. The molecule has 1 aromatic carbocycles. The first-order valence-electron chi connectivity index (χ1n) is 6.51. The van der Waals surface area contributed by atoms with Gasteiger partial charge in [-0.25, -0.2) is 0 Å². The molecule has 0 aliphatic heterocycles. The van der Waals surface area contributed by atoms with Crippen LogP contribution in [0, 0.1) is 12.8 Å². The van der Waals surface area contributed by atoms with Gasteiger partial charge in [-0.15, -0.1) is 0 Å². The highest BCUT2D eigenvalue weighted by Gasteiger charge is 2.23. The quantitative estimate of drug-likeness (QED) is 0.814. The third-order valence-corrected chi connectivity index (χ3v) is 3.78. The van der Waals surface area contributed by atoms with Gasteiger partial charge < -0.3 is 10.8 Å². The van der Waals surface area contributed by atoms with E-state index in [0.29, 0.717) is 18.3 Å². The Kier molecular flexibility index (Phi) is 5.35. The molecule has 1 aromatic rings. The van der Waals surface area contributed by atoms with E-state index in [4.69, 9.17) is 10.8 Å². The summed E-state index contributed by atoms with van der Waals surface area (Å²) in [5.74, 6) is -0.274. The van der Waals surface area contributed by atoms with Crippen LogP contribution in [0.25, 0.3) is 0 Å². The number of carboxylic acid groups (broad SMARTS) is 1. The van der Waals surface area contributed by atoms with Crippen LogP contribution in [-0.4, -0.2) is 17.1 Å². The van der Waals surface area contributed by atoms with Crippen LogP contribution < -0.4 is 5.73 Å². The van der Waals surface area contributed by atoms with Gasteiger partial charge in [0, 0.05) is 0 Å². The van der Waals surface area contributed by atoms with Gasteiger partial charge in [-0.3, -0.25) is 4.79 Å². The molecule has 100 valence electrons. The van der Waals surface area contributed by atoms with Crippen LogP contribution in [0.5, 0.6) is 0 Å². The molecule has 0 aromatic heterocycles. The standard InChI is InChI=1S/C15H23NO2/c1-4-12(9-14(16)15(17)18)11(3)13-8-6-5-7-10(13)2/h5-8,11-12,14H,4,9,16H2,1-3H3,(H,17,18). The Hall–Kier alpha value is -1.35. The summed E-state index contributed by atoms with van der Waals surface area (Å²) in [7, 11) is 0. The van der Waals surface area contributed by atoms with E-state index >= 15 is 0 Å². The largest absolute Gasteiger partial charge is 0.480 e. The van der Waals surface area contributed by atoms with Crippen molar-refractivity contribution in [3.63, 3.8) is 0 Å². The van der Waals surface area contributed by atoms with Crippen LogP contribution >= 0.6 is 0 Å². The van der Waals surface area contributed by atoms with E-state index in [-0.39, 0.29) is 0 Å². The van der Waals surface area contributed by atoms with Gasteiger partial charge in [0.15, 0.2) is 0 Å². The number of nitrogens with two attached hydrogens (primary N) is 1. The topological polar surface area (TPSA) is 63.3 Å². The maximum absolute atomic E-state index is 10.9. The lowest BCUT2D eigenvalue weighted by molar-refractivity contribution is -0.139. The number of hydrogen-bond donors (Lipinski definition) is 2. The van der Waals surface area contributed by atoms with E-state index in [0.717, 1.165) is 6.42 Å². The van der Waals surface area contributed by atoms with Gasteiger partial charge in [0.25, 0.3) is 0 Å². The zero-order chi connectivity index (χ0) is 13.7. The molecule has 3 atom stereocenters. The van der Waals surface area contributed by atoms with Crippen LogP contribution in [0.15, 0.2) is 24.3 Å². The molecule has 0 radical (unpaired) electrons. The average Bonchev–Trinajstić information content (AvgIpc) is 2.35. The minimum absolute atomic E-state index is 0.303. The number of benzene rings is 1. The predicted octanol–water partition coefficient (Wildman–Crippen LogP) is 2.93. The third kappa shape index (κ3) is 3.57. The molecular weight excluding hydrogens is 226 g/mol. The predicted molar refractivity (Wildman–Crippen MR) is 73.6 cm³/mol. The molecule has 0 aliphatic rings. The SMILES string of the molecule is CCC(CC(N)C(=O)O)C(C)c1ccccc1C. The van der Waals surface area contributed by atoms with Crippen molar-refractivity contribution in [2.45, 2.75) is 45.6 Å². The van der Waals surface area contributed by atoms with Crippen molar-refractivity contribution < 1.29 is 9.90 Å². The van der Waals surface area contributed by atoms with Gasteiger partial charge in [-0.1, -0.05) is 44.5 Å². The Bertz CT molecular complexity index is 403. The Morgan fingerprint density at radius 3 is 2.50 bits per heavy atom. The molecule has 0 fully saturated rings. The van der Waals surface area contributed by atoms with Crippen molar-refractivity contribution in [1.29, 1.82) is 0 Å². The summed E-state index contributed by atoms with van der Waals surface area (Å²) in [6, 6.07) is 7.50. The summed E-state index contributed by atoms with van der Waals surface area (Å²) < 4.78 is 0. The van der Waals surface area contributed by atoms with E-state index in [1.54, 1.807) is 0 Å². The molecule has 0 saturated carbocycles. The highest BCUT2D eigenvalue weighted by molar-refractivity contribution is 5.73. The van der Waals surface area contributed by atoms with E-state index in [9.17, 15) is 4.79 Å². The van der Waals surface area contributed by atoms with E-state index < -0.39 is 12.0 Å². The number of hydrogen-bond acceptors (Lipinski definition) is 2. The zero-order valence-corrected chi connectivity index (χ0v) is 11.4. The smallest absolute Gasteiger partial charge is 0.320 e. The lowest BCUT2D eigenvalue weighted by Crippen LogP contribution is -2.33. The summed E-state index contributed by atoms with van der Waals surface area (Å²) in [5, 5.41) is 8.91. The Morgan fingerprint density at radius 1 is 1.39 bits per heavy atom. The molecular formula is C15H23NO2. The van der Waals surface area contributed by atoms with Crippen molar-refractivity contribution in [3.05, 3.63) is 35.4 Å². The van der Waals surface area contributed by atoms with E-state index in [1.165, 1.54) is 11.1 Å². The Morgan fingerprint density at radius 2 is 2.00 bits per heavy atom. The highest BCUT2D eigenvalue weighted by atomic mass is 16.4. The summed E-state index contributed by atoms with van der Waals surface area (Å²) in [5.41, 5.74) is 8.20. The summed E-state index contributed by atoms with van der Waals surface area (Å²) >= 11 is 0. The van der Waals surface area contributed by atoms with Crippen LogP contribution in [0.2, 0.25) is 0 Å². The van der Waals surface area contributed by atoms with Gasteiger partial charge in [0.05, 0.1) is 0 Å². The third-order valence-electron chi connectivity index (χ3n) is 3.78. The van der Waals surface area contributed by atoms with Gasteiger partial charge in [-0.2, -0.15) is 0 Å². The van der Waals surface area contributed by atoms with Crippen molar-refractivity contribution in [2.24, 2.45) is 11.7 Å². The number of rotatable bonds is 6. The molecule has 0 amide bonds. The Labute approximate surface area is 109 Å². The molecule has 3 N–H and O–H groups in total. The summed E-state index contributed by atoms with van der Waals surface area (Å²) in [6.45, 7) is 6.34. The van der Waals surface area contributed by atoms with Crippen molar-refractivity contribution >= 4 is 5.97 Å². The summed E-state index contributed by atoms with van der Waals surface area (Å²) in [4.78, 5) is 10.9. The lowest BCUT2D eigenvalue weighted by atomic mass is 9.80. The monoisotopic (exact) mass is 249 g/mol. The van der Waals surface area contributed by atoms with Crippen LogP contribution in [0.4, 0.5) is 0 Å². The fraction of sp³-hybridized carbons (Fsp3) is 0.533. The molecule has 3 heteroatoms. The zero-order valence-electron chi connectivity index (χ0n) is 11.4. The second-order valence-electron chi connectivity index (χ2n) is 4.99. The molecule has 0 heterocycles. The van der Waals surface area contributed by atoms with Crippen LogP contribution in [-0.2, 0) is 4.79 Å². The average molecular weight is 249 g/mol. The number of carboxylic acids is 1. The first-order valence-corrected chi connectivity index (χ1v) is 6.51. The minimum Gasteiger partial charge on any atom is -0.480 e. The number of carbonyl (C=O) groups is 1. The van der Waals surface area contributed by atoms with E-state index in [2.05, 4.69) is 32.9 Å². The maximum atomic E-state index is 10.9. The fourth-order valence-corrected chi connectivity index (χ4v) is 2.50. The number of aliphatic carboxylic acids is 1. The van der Waals surface area contributed by atoms with Gasteiger partial charge in [0.1, 0.15) is 6.04 Å². The van der Waals surface area contributed by atoms with Gasteiger partial charge in [-0.05, 0) is 36.3 Å². The molecule has 0 aliphatic carbocycles. The highest BCUT2D eigenvalue weighted by Crippen LogP contribution is 2.31. The van der Waals surface area contributed by atoms with Crippen molar-refractivity contribution in [1.82, 2.24) is 0 Å². The molecule has 0 saturated heterocycles. The molecule has 18 heavy (non-hydrogen) atoms. The summed E-state index contributed by atoms with van der Waals surface area (Å²) in [6.07, 6.45) is 1.47. The van der Waals surface area contributed by atoms with E-state index in [1.807, 2.05) is 12.1 Å². The van der Waals surface area contributed by atoms with Crippen molar-refractivity contribution in [2.75, 3.05) is 0 Å². The lowest BCUT2D eigenvalue weighted by Gasteiger charge is -2.26. The first-order chi connectivity index (χ1) is 8.47. The van der Waals surface area contributed by atoms with Crippen molar-refractivity contribution in [3.8, 4) is 0 Å². The molecule has 0 spiro atoms. The molecule has 0 bridgehead atoms. The number of aryl methyl sites for hydroxylation is 1. The fourth-order valence-electron chi connectivity index (χ4n) is 2.50. The molecule has 3 nitrogen and oxygen atoms in total. The van der Waals surface area contributed by atoms with Gasteiger partial charge >= 0.3 is 5.97 Å². The second-order valence-corrected chi connectivity index (χ2v) is 4.99. The normalized spacial score (nSPS) is 16.0. The maximum Gasteiger partial charge on any atom is 0.320 e. The van der Waals surface area contributed by atoms with Gasteiger partial charge in [0.2, 0.25) is 0 Å². The second kappa shape index (κ2) is 6.55. The molecule has 1 rings (SSSR count). The van der Waals surface area contributed by atoms with Crippen LogP contribution in [0.3, 0.4) is 0 Å².